The molecule has 0 heterocycles. The van der Waals surface area contributed by atoms with E-state index < -0.39 is 5.60 Å². The Morgan fingerprint density at radius 3 is 1.67 bits per heavy atom. The summed E-state index contributed by atoms with van der Waals surface area (Å²) in [6.07, 6.45) is 4.26. The molecule has 0 aliphatic heterocycles. The quantitative estimate of drug-likeness (QED) is 0.732. The van der Waals surface area contributed by atoms with Crippen molar-refractivity contribution in [3.8, 4) is 0 Å². The van der Waals surface area contributed by atoms with Crippen LogP contribution in [0.25, 0.3) is 0 Å². The third kappa shape index (κ3) is 5.86. The molecular weight excluding hydrogens is 336 g/mol. The Balaban J connectivity index is 0.000000199. The van der Waals surface area contributed by atoms with Crippen molar-refractivity contribution in [3.63, 3.8) is 0 Å². The predicted molar refractivity (Wildman–Crippen MR) is 109 cm³/mol. The summed E-state index contributed by atoms with van der Waals surface area (Å²) >= 11 is 0. The summed E-state index contributed by atoms with van der Waals surface area (Å²) in [6, 6.07) is 18.5. The van der Waals surface area contributed by atoms with Crippen LogP contribution in [0.1, 0.15) is 73.6 Å². The molecule has 0 atom stereocenters. The molecule has 3 heteroatoms. The van der Waals surface area contributed by atoms with Crippen molar-refractivity contribution in [2.45, 2.75) is 58.5 Å². The molecule has 0 saturated heterocycles. The van der Waals surface area contributed by atoms with Gasteiger partial charge in [0.2, 0.25) is 0 Å². The van der Waals surface area contributed by atoms with Gasteiger partial charge in [-0.25, -0.2) is 0 Å². The van der Waals surface area contributed by atoms with Gasteiger partial charge in [-0.1, -0.05) is 101 Å². The van der Waals surface area contributed by atoms with E-state index in [0.29, 0.717) is 18.4 Å². The van der Waals surface area contributed by atoms with Gasteiger partial charge in [-0.05, 0) is 12.8 Å². The van der Waals surface area contributed by atoms with E-state index in [1.807, 2.05) is 69.3 Å². The van der Waals surface area contributed by atoms with Gasteiger partial charge in [0.05, 0.1) is 0 Å². The maximum atomic E-state index is 12.1. The topological polar surface area (TPSA) is 54.4 Å². The number of aliphatic hydroxyl groups is 1. The van der Waals surface area contributed by atoms with Crippen molar-refractivity contribution in [2.24, 2.45) is 5.41 Å². The number of Topliss-reactive ketones (excluding diaryl/α,β-unsaturated/α-hetero) is 2. The van der Waals surface area contributed by atoms with Gasteiger partial charge < -0.3 is 5.11 Å². The number of ketones is 2. The second kappa shape index (κ2) is 9.09. The Hall–Kier alpha value is -2.26. The predicted octanol–water partition coefficient (Wildman–Crippen LogP) is 5.48. The van der Waals surface area contributed by atoms with E-state index in [2.05, 4.69) is 0 Å². The Kier molecular flexibility index (Phi) is 7.09. The molecule has 3 rings (SSSR count). The molecule has 0 radical (unpaired) electrons. The van der Waals surface area contributed by atoms with Gasteiger partial charge in [-0.3, -0.25) is 9.59 Å². The lowest BCUT2D eigenvalue weighted by Crippen LogP contribution is -2.40. The number of benzene rings is 2. The first-order valence-electron chi connectivity index (χ1n) is 9.66. The van der Waals surface area contributed by atoms with E-state index >= 15 is 0 Å². The normalized spacial score (nSPS) is 16.0. The average molecular weight is 367 g/mol. The molecule has 0 unspecified atom stereocenters. The molecule has 1 saturated carbocycles. The van der Waals surface area contributed by atoms with Crippen LogP contribution >= 0.6 is 0 Å². The van der Waals surface area contributed by atoms with Gasteiger partial charge in [0, 0.05) is 16.5 Å². The zero-order valence-electron chi connectivity index (χ0n) is 16.6. The van der Waals surface area contributed by atoms with E-state index in [-0.39, 0.29) is 17.0 Å². The highest BCUT2D eigenvalue weighted by atomic mass is 16.3. The first-order chi connectivity index (χ1) is 12.7. The van der Waals surface area contributed by atoms with Crippen molar-refractivity contribution in [1.82, 2.24) is 0 Å². The molecule has 1 fully saturated rings. The molecule has 0 aromatic heterocycles. The Morgan fingerprint density at radius 2 is 1.22 bits per heavy atom. The highest BCUT2D eigenvalue weighted by Gasteiger charge is 2.37. The van der Waals surface area contributed by atoms with E-state index in [1.54, 1.807) is 12.1 Å². The third-order valence-electron chi connectivity index (χ3n) is 4.86. The first-order valence-corrected chi connectivity index (χ1v) is 9.66. The van der Waals surface area contributed by atoms with Gasteiger partial charge in [-0.2, -0.15) is 0 Å². The summed E-state index contributed by atoms with van der Waals surface area (Å²) in [5, 5.41) is 10.2. The number of carbonyl (C=O) groups excluding carboxylic acids is 2. The van der Waals surface area contributed by atoms with Crippen molar-refractivity contribution in [2.75, 3.05) is 0 Å². The Labute approximate surface area is 162 Å². The lowest BCUT2D eigenvalue weighted by molar-refractivity contribution is 0.0116. The van der Waals surface area contributed by atoms with Crippen molar-refractivity contribution in [3.05, 3.63) is 71.8 Å². The largest absolute Gasteiger partial charge is 0.382 e. The Morgan fingerprint density at radius 1 is 0.778 bits per heavy atom. The zero-order chi connectivity index (χ0) is 19.9. The lowest BCUT2D eigenvalue weighted by atomic mass is 9.79. The van der Waals surface area contributed by atoms with E-state index in [0.717, 1.165) is 24.8 Å². The van der Waals surface area contributed by atoms with Gasteiger partial charge in [0.25, 0.3) is 0 Å². The SMILES string of the molecule is CC(C)(C)C(=O)c1ccccc1.O=C(c1ccccc1)C1(O)CCCCC1. The second-order valence-corrected chi connectivity index (χ2v) is 8.23. The van der Waals surface area contributed by atoms with Gasteiger partial charge in [0.1, 0.15) is 5.60 Å². The molecule has 2 aromatic rings. The monoisotopic (exact) mass is 366 g/mol. The number of rotatable bonds is 3. The highest BCUT2D eigenvalue weighted by Crippen LogP contribution is 2.31. The van der Waals surface area contributed by atoms with Gasteiger partial charge >= 0.3 is 0 Å². The van der Waals surface area contributed by atoms with Crippen molar-refractivity contribution in [1.29, 1.82) is 0 Å². The molecule has 3 nitrogen and oxygen atoms in total. The van der Waals surface area contributed by atoms with E-state index in [1.165, 1.54) is 0 Å². The number of hydrogen-bond donors (Lipinski definition) is 1. The van der Waals surface area contributed by atoms with Crippen LogP contribution in [-0.2, 0) is 0 Å². The number of carbonyl (C=O) groups is 2. The van der Waals surface area contributed by atoms with Crippen LogP contribution in [0.5, 0.6) is 0 Å². The molecule has 1 aliphatic rings. The molecule has 27 heavy (non-hydrogen) atoms. The number of hydrogen-bond acceptors (Lipinski definition) is 3. The summed E-state index contributed by atoms with van der Waals surface area (Å²) < 4.78 is 0. The van der Waals surface area contributed by atoms with Crippen LogP contribution in [0.15, 0.2) is 60.7 Å². The van der Waals surface area contributed by atoms with Gasteiger partial charge in [-0.15, -0.1) is 0 Å². The van der Waals surface area contributed by atoms with Crippen molar-refractivity contribution >= 4 is 11.6 Å². The summed E-state index contributed by atoms with van der Waals surface area (Å²) in [4.78, 5) is 23.7. The van der Waals surface area contributed by atoms with Crippen LogP contribution < -0.4 is 0 Å². The van der Waals surface area contributed by atoms with Crippen LogP contribution in [0, 0.1) is 5.41 Å². The summed E-state index contributed by atoms with van der Waals surface area (Å²) in [5.74, 6) is 0.0888. The van der Waals surface area contributed by atoms with E-state index in [9.17, 15) is 14.7 Å². The molecule has 2 aromatic carbocycles. The third-order valence-corrected chi connectivity index (χ3v) is 4.86. The molecule has 0 amide bonds. The van der Waals surface area contributed by atoms with Crippen molar-refractivity contribution < 1.29 is 14.7 Å². The minimum absolute atomic E-state index is 0.109. The fourth-order valence-electron chi connectivity index (χ4n) is 3.24. The first kappa shape index (κ1) is 21.0. The molecule has 0 spiro atoms. The zero-order valence-corrected chi connectivity index (χ0v) is 16.6. The summed E-state index contributed by atoms with van der Waals surface area (Å²) in [5.41, 5.74) is 0.0490. The Bertz CT molecular complexity index is 736. The molecule has 1 aliphatic carbocycles. The van der Waals surface area contributed by atoms with Gasteiger partial charge in [0.15, 0.2) is 11.6 Å². The maximum Gasteiger partial charge on any atom is 0.194 e. The fraction of sp³-hybridized carbons (Fsp3) is 0.417. The van der Waals surface area contributed by atoms with Crippen LogP contribution in [0.3, 0.4) is 0 Å². The minimum atomic E-state index is -1.10. The highest BCUT2D eigenvalue weighted by molar-refractivity contribution is 6.02. The standard InChI is InChI=1S/C13H16O2.C11H14O/c14-12(11-7-3-1-4-8-11)13(15)9-5-2-6-10-13;1-11(2,3)10(12)9-7-5-4-6-8-9/h1,3-4,7-8,15H,2,5-6,9-10H2;4-8H,1-3H3. The molecular formula is C24H30O3. The second-order valence-electron chi connectivity index (χ2n) is 8.23. The van der Waals surface area contributed by atoms with Crippen LogP contribution in [0.4, 0.5) is 0 Å². The molecule has 0 bridgehead atoms. The van der Waals surface area contributed by atoms with Crippen LogP contribution in [0.2, 0.25) is 0 Å². The van der Waals surface area contributed by atoms with Crippen LogP contribution in [-0.4, -0.2) is 22.3 Å². The molecule has 1 N–H and O–H groups in total. The molecule has 144 valence electrons. The smallest absolute Gasteiger partial charge is 0.194 e. The maximum absolute atomic E-state index is 12.1. The average Bonchev–Trinajstić information content (AvgIpc) is 2.68. The lowest BCUT2D eigenvalue weighted by Gasteiger charge is -2.30. The summed E-state index contributed by atoms with van der Waals surface area (Å²) in [7, 11) is 0. The fourth-order valence-corrected chi connectivity index (χ4v) is 3.24. The summed E-state index contributed by atoms with van der Waals surface area (Å²) in [6.45, 7) is 5.80. The minimum Gasteiger partial charge on any atom is -0.382 e. The van der Waals surface area contributed by atoms with E-state index in [4.69, 9.17) is 0 Å².